The summed E-state index contributed by atoms with van der Waals surface area (Å²) in [5.74, 6) is -0.797. The average Bonchev–Trinajstić information content (AvgIpc) is 3.13. The highest BCUT2D eigenvalue weighted by atomic mass is 31.2. The molecular formula is C45H87NO8P+. The molecule has 0 aliphatic heterocycles. The molecule has 0 saturated carbocycles. The van der Waals surface area contributed by atoms with Crippen LogP contribution in [0.15, 0.2) is 24.3 Å². The molecule has 0 radical (unpaired) electrons. The highest BCUT2D eigenvalue weighted by Crippen LogP contribution is 2.43. The molecule has 0 aromatic carbocycles. The van der Waals surface area contributed by atoms with E-state index in [1.807, 2.05) is 21.1 Å². The van der Waals surface area contributed by atoms with Gasteiger partial charge in [0.15, 0.2) is 6.10 Å². The summed E-state index contributed by atoms with van der Waals surface area (Å²) in [6.45, 7) is 4.40. The molecule has 0 aliphatic carbocycles. The van der Waals surface area contributed by atoms with Crippen molar-refractivity contribution in [2.75, 3.05) is 47.5 Å². The molecule has 0 saturated heterocycles. The van der Waals surface area contributed by atoms with E-state index in [1.165, 1.54) is 122 Å². The van der Waals surface area contributed by atoms with Crippen LogP contribution >= 0.6 is 7.82 Å². The number of rotatable bonds is 41. The van der Waals surface area contributed by atoms with Crippen molar-refractivity contribution in [1.29, 1.82) is 0 Å². The van der Waals surface area contributed by atoms with Gasteiger partial charge in [0.1, 0.15) is 19.8 Å². The molecule has 1 N–H and O–H groups in total. The van der Waals surface area contributed by atoms with Crippen LogP contribution in [0.25, 0.3) is 0 Å². The van der Waals surface area contributed by atoms with E-state index in [1.54, 1.807) is 0 Å². The quantitative estimate of drug-likeness (QED) is 0.0214. The van der Waals surface area contributed by atoms with E-state index in [-0.39, 0.29) is 25.6 Å². The zero-order valence-corrected chi connectivity index (χ0v) is 37.3. The van der Waals surface area contributed by atoms with E-state index in [9.17, 15) is 19.0 Å². The number of ether oxygens (including phenoxy) is 2. The summed E-state index contributed by atoms with van der Waals surface area (Å²) in [6, 6.07) is 0. The van der Waals surface area contributed by atoms with Gasteiger partial charge in [-0.2, -0.15) is 0 Å². The molecule has 0 aromatic rings. The molecule has 9 nitrogen and oxygen atoms in total. The molecule has 0 fully saturated rings. The lowest BCUT2D eigenvalue weighted by molar-refractivity contribution is -0.870. The van der Waals surface area contributed by atoms with Crippen molar-refractivity contribution in [2.45, 2.75) is 206 Å². The number of likely N-dealkylation sites (N-methyl/N-ethyl adjacent to an activating group) is 1. The van der Waals surface area contributed by atoms with Gasteiger partial charge in [0.25, 0.3) is 0 Å². The van der Waals surface area contributed by atoms with Crippen molar-refractivity contribution < 1.29 is 42.1 Å². The molecular weight excluding hydrogens is 713 g/mol. The monoisotopic (exact) mass is 801 g/mol. The molecule has 0 spiro atoms. The zero-order valence-electron chi connectivity index (χ0n) is 36.4. The summed E-state index contributed by atoms with van der Waals surface area (Å²) >= 11 is 0. The Morgan fingerprint density at radius 2 is 0.982 bits per heavy atom. The molecule has 0 bridgehead atoms. The van der Waals surface area contributed by atoms with Crippen molar-refractivity contribution in [3.8, 4) is 0 Å². The molecule has 0 amide bonds. The number of phosphoric ester groups is 1. The van der Waals surface area contributed by atoms with Gasteiger partial charge in [0.2, 0.25) is 0 Å². The van der Waals surface area contributed by atoms with Crippen LogP contribution in [0.1, 0.15) is 200 Å². The van der Waals surface area contributed by atoms with Crippen LogP contribution in [0, 0.1) is 0 Å². The van der Waals surface area contributed by atoms with E-state index in [2.05, 4.69) is 38.2 Å². The van der Waals surface area contributed by atoms with Gasteiger partial charge >= 0.3 is 19.8 Å². The van der Waals surface area contributed by atoms with Gasteiger partial charge in [-0.3, -0.25) is 18.6 Å². The summed E-state index contributed by atoms with van der Waals surface area (Å²) in [5.41, 5.74) is 0. The smallest absolute Gasteiger partial charge is 0.462 e. The number of carbonyl (C=O) groups excluding carboxylic acids is 2. The minimum atomic E-state index is -4.37. The third kappa shape index (κ3) is 41.9. The standard InChI is InChI=1S/C45H86NO8P/c1-6-8-10-12-14-16-18-20-21-22-23-24-25-26-28-30-32-34-36-38-45(48)54-43(42-53-55(49,50)52-40-39-46(3,4)5)41-51-44(47)37-35-33-31-29-27-19-17-15-13-11-9-7-2/h14,16,20-21,43H,6-13,15,17-19,22-42H2,1-5H3/p+1/b16-14-,21-20-/t43-/m1/s1. The Morgan fingerprint density at radius 1 is 0.564 bits per heavy atom. The van der Waals surface area contributed by atoms with Crippen LogP contribution in [0.2, 0.25) is 0 Å². The predicted octanol–water partition coefficient (Wildman–Crippen LogP) is 12.7. The SMILES string of the molecule is CCCCC/C=C\C/C=C\CCCCCCCCCCCC(=O)O[C@H](COC(=O)CCCCCCCCCCCCCC)COP(=O)(O)OCC[N+](C)(C)C. The first kappa shape index (κ1) is 53.5. The zero-order chi connectivity index (χ0) is 40.7. The van der Waals surface area contributed by atoms with Crippen LogP contribution in [0.3, 0.4) is 0 Å². The number of esters is 2. The van der Waals surface area contributed by atoms with E-state index in [0.717, 1.165) is 44.9 Å². The third-order valence-corrected chi connectivity index (χ3v) is 10.7. The fourth-order valence-electron chi connectivity index (χ4n) is 6.16. The minimum Gasteiger partial charge on any atom is -0.462 e. The van der Waals surface area contributed by atoms with Crippen LogP contribution in [-0.4, -0.2) is 74.9 Å². The second-order valence-electron chi connectivity index (χ2n) is 16.4. The average molecular weight is 801 g/mol. The summed E-state index contributed by atoms with van der Waals surface area (Å²) < 4.78 is 34.3. The van der Waals surface area contributed by atoms with Crippen molar-refractivity contribution in [3.05, 3.63) is 24.3 Å². The number of quaternary nitrogens is 1. The maximum Gasteiger partial charge on any atom is 0.472 e. The van der Waals surface area contributed by atoms with Crippen molar-refractivity contribution in [2.24, 2.45) is 0 Å². The maximum absolute atomic E-state index is 12.7. The first-order valence-corrected chi connectivity index (χ1v) is 24.1. The number of hydrogen-bond acceptors (Lipinski definition) is 7. The lowest BCUT2D eigenvalue weighted by Crippen LogP contribution is -2.37. The van der Waals surface area contributed by atoms with Gasteiger partial charge < -0.3 is 18.9 Å². The Bertz CT molecular complexity index is 996. The highest BCUT2D eigenvalue weighted by Gasteiger charge is 2.27. The number of phosphoric acid groups is 1. The third-order valence-electron chi connectivity index (χ3n) is 9.73. The molecule has 0 heterocycles. The second-order valence-corrected chi connectivity index (χ2v) is 17.9. The van der Waals surface area contributed by atoms with Gasteiger partial charge in [0.05, 0.1) is 27.7 Å². The van der Waals surface area contributed by atoms with Crippen LogP contribution < -0.4 is 0 Å². The van der Waals surface area contributed by atoms with E-state index in [4.69, 9.17) is 18.5 Å². The van der Waals surface area contributed by atoms with Gasteiger partial charge in [-0.05, 0) is 44.9 Å². The lowest BCUT2D eigenvalue weighted by atomic mass is 10.0. The van der Waals surface area contributed by atoms with Gasteiger partial charge in [-0.15, -0.1) is 0 Å². The first-order valence-electron chi connectivity index (χ1n) is 22.6. The maximum atomic E-state index is 12.7. The number of unbranched alkanes of at least 4 members (excludes halogenated alkanes) is 23. The number of nitrogens with zero attached hydrogens (tertiary/aromatic N) is 1. The Labute approximate surface area is 339 Å². The predicted molar refractivity (Wildman–Crippen MR) is 229 cm³/mol. The van der Waals surface area contributed by atoms with Crippen LogP contribution in [-0.2, 0) is 32.7 Å². The molecule has 324 valence electrons. The lowest BCUT2D eigenvalue weighted by Gasteiger charge is -2.24. The molecule has 0 aromatic heterocycles. The number of hydrogen-bond donors (Lipinski definition) is 1. The van der Waals surface area contributed by atoms with E-state index >= 15 is 0 Å². The second kappa shape index (κ2) is 38.0. The number of carbonyl (C=O) groups is 2. The Hall–Kier alpha value is -1.51. The molecule has 10 heteroatoms. The first-order chi connectivity index (χ1) is 26.5. The highest BCUT2D eigenvalue weighted by molar-refractivity contribution is 7.47. The largest absolute Gasteiger partial charge is 0.472 e. The van der Waals surface area contributed by atoms with E-state index < -0.39 is 26.5 Å². The van der Waals surface area contributed by atoms with Gasteiger partial charge in [0, 0.05) is 12.8 Å². The fraction of sp³-hybridized carbons (Fsp3) is 0.867. The Kier molecular flexibility index (Phi) is 37.0. The van der Waals surface area contributed by atoms with Crippen molar-refractivity contribution in [3.63, 3.8) is 0 Å². The summed E-state index contributed by atoms with van der Waals surface area (Å²) in [5, 5.41) is 0. The molecule has 2 atom stereocenters. The normalized spacial score (nSPS) is 13.8. The summed E-state index contributed by atoms with van der Waals surface area (Å²) in [4.78, 5) is 35.3. The Morgan fingerprint density at radius 3 is 1.47 bits per heavy atom. The van der Waals surface area contributed by atoms with Crippen LogP contribution in [0.5, 0.6) is 0 Å². The van der Waals surface area contributed by atoms with E-state index in [0.29, 0.717) is 23.9 Å². The van der Waals surface area contributed by atoms with Crippen LogP contribution in [0.4, 0.5) is 0 Å². The number of allylic oxidation sites excluding steroid dienone is 4. The summed E-state index contributed by atoms with van der Waals surface area (Å²) in [6.07, 6.45) is 40.7. The minimum absolute atomic E-state index is 0.0327. The molecule has 0 aliphatic rings. The molecule has 55 heavy (non-hydrogen) atoms. The molecule has 0 rings (SSSR count). The Balaban J connectivity index is 4.31. The fourth-order valence-corrected chi connectivity index (χ4v) is 6.90. The van der Waals surface area contributed by atoms with Gasteiger partial charge in [-0.25, -0.2) is 4.57 Å². The topological polar surface area (TPSA) is 108 Å². The molecule has 1 unspecified atom stereocenters. The van der Waals surface area contributed by atoms with Crippen molar-refractivity contribution >= 4 is 19.8 Å². The summed E-state index contributed by atoms with van der Waals surface area (Å²) in [7, 11) is 1.48. The van der Waals surface area contributed by atoms with Gasteiger partial charge in [-0.1, -0.05) is 167 Å². The van der Waals surface area contributed by atoms with Crippen molar-refractivity contribution in [1.82, 2.24) is 0 Å².